The Morgan fingerprint density at radius 1 is 0.420 bits per heavy atom. The third-order valence-electron chi connectivity index (χ3n) is 9.16. The molecular weight excluding hydrogens is 611 g/mol. The summed E-state index contributed by atoms with van der Waals surface area (Å²) in [5.41, 5.74) is 1.56. The van der Waals surface area contributed by atoms with Crippen molar-refractivity contribution in [1.82, 2.24) is 23.9 Å². The molecule has 0 unspecified atom stereocenters. The van der Waals surface area contributed by atoms with Crippen LogP contribution in [-0.2, 0) is 0 Å². The van der Waals surface area contributed by atoms with Crippen LogP contribution in [-0.4, -0.2) is 23.9 Å². The van der Waals surface area contributed by atoms with Crippen LogP contribution in [0, 0.1) is 0 Å². The number of hydrogen-bond acceptors (Lipinski definition) is 3. The monoisotopic (exact) mass is 650 g/mol. The lowest BCUT2D eigenvalue weighted by Crippen LogP contribution is -2.03. The van der Waals surface area contributed by atoms with Crippen LogP contribution in [0.1, 0.15) is 17.8 Å². The van der Waals surface area contributed by atoms with Gasteiger partial charge >= 0.3 is 0 Å². The van der Waals surface area contributed by atoms with E-state index < -0.39 is 78.6 Å². The molecular formula is C45H27N5. The first kappa shape index (κ1) is 17.5. The molecule has 5 heteroatoms. The lowest BCUT2D eigenvalue weighted by molar-refractivity contribution is 1.06. The maximum atomic E-state index is 9.59. The fourth-order valence-corrected chi connectivity index (χ4v) is 7.07. The molecule has 7 aromatic carbocycles. The van der Waals surface area contributed by atoms with E-state index >= 15 is 0 Å². The van der Waals surface area contributed by atoms with Crippen LogP contribution in [0.25, 0.3) is 99.8 Å². The molecule has 232 valence electrons. The van der Waals surface area contributed by atoms with E-state index in [2.05, 4.69) is 0 Å². The number of hydrogen-bond donors (Lipinski definition) is 0. The van der Waals surface area contributed by atoms with Gasteiger partial charge in [0.05, 0.1) is 51.1 Å². The van der Waals surface area contributed by atoms with Gasteiger partial charge in [0.2, 0.25) is 0 Å². The highest BCUT2D eigenvalue weighted by atomic mass is 15.1. The summed E-state index contributed by atoms with van der Waals surface area (Å²) in [4.78, 5) is 14.7. The van der Waals surface area contributed by atoms with Crippen molar-refractivity contribution in [3.63, 3.8) is 0 Å². The molecule has 5 nitrogen and oxygen atoms in total. The van der Waals surface area contributed by atoms with Gasteiger partial charge in [0, 0.05) is 43.6 Å². The van der Waals surface area contributed by atoms with Crippen LogP contribution in [0.3, 0.4) is 0 Å². The Kier molecular flexibility index (Phi) is 3.62. The second-order valence-corrected chi connectivity index (χ2v) is 11.8. The number of fused-ring (bicyclic) bond motifs is 5. The minimum absolute atomic E-state index is 0.0280. The molecule has 0 atom stereocenters. The van der Waals surface area contributed by atoms with Crippen LogP contribution in [0.15, 0.2) is 163 Å². The van der Waals surface area contributed by atoms with Gasteiger partial charge in [0.15, 0.2) is 17.5 Å². The lowest BCUT2D eigenvalue weighted by Gasteiger charge is -2.15. The molecule has 50 heavy (non-hydrogen) atoms. The average Bonchev–Trinajstić information content (AvgIpc) is 3.80. The zero-order chi connectivity index (χ0) is 44.1. The number of aromatic nitrogens is 5. The SMILES string of the molecule is [2H]c1c([2H])c([2H])c2c(c1[2H])c1c([2H])c([2H])c([2H])c3c4c([2H])c([2H])c([2H])c5c4c4c(c([2H])c([2H])c([2H])c4n2c31)n5-c1ccccc1-c1nc(-c2ccccc2)nc(-c2ccccc2)n1. The van der Waals surface area contributed by atoms with Crippen molar-refractivity contribution < 1.29 is 17.8 Å². The second-order valence-electron chi connectivity index (χ2n) is 11.8. The molecule has 0 saturated heterocycles. The van der Waals surface area contributed by atoms with E-state index in [1.165, 1.54) is 8.97 Å². The Balaban J connectivity index is 1.42. The molecule has 0 aliphatic rings. The van der Waals surface area contributed by atoms with Crippen LogP contribution in [0.5, 0.6) is 0 Å². The normalized spacial score (nSPS) is 15.6. The highest BCUT2D eigenvalue weighted by Gasteiger charge is 2.23. The maximum absolute atomic E-state index is 9.59. The summed E-state index contributed by atoms with van der Waals surface area (Å²) in [6, 6.07) is 18.4. The van der Waals surface area contributed by atoms with Crippen molar-refractivity contribution in [1.29, 1.82) is 0 Å². The highest BCUT2D eigenvalue weighted by molar-refractivity contribution is 6.31. The van der Waals surface area contributed by atoms with Gasteiger partial charge in [-0.05, 0) is 41.7 Å². The smallest absolute Gasteiger partial charge is 0.166 e. The predicted molar refractivity (Wildman–Crippen MR) is 205 cm³/mol. The number of para-hydroxylation sites is 3. The van der Waals surface area contributed by atoms with Gasteiger partial charge < -0.3 is 8.97 Å². The first-order chi connectivity index (χ1) is 30.2. The molecule has 4 heterocycles. The summed E-state index contributed by atoms with van der Waals surface area (Å²) < 4.78 is 123. The molecule has 0 radical (unpaired) electrons. The zero-order valence-electron chi connectivity index (χ0n) is 38.8. The highest BCUT2D eigenvalue weighted by Crippen LogP contribution is 2.44. The number of nitrogens with zero attached hydrogens (tertiary/aromatic N) is 5. The van der Waals surface area contributed by atoms with Gasteiger partial charge in [-0.3, -0.25) is 0 Å². The molecule has 0 saturated carbocycles. The molecule has 0 amide bonds. The fraction of sp³-hybridized carbons (Fsp3) is 0. The Bertz CT molecular complexity index is 3770. The van der Waals surface area contributed by atoms with Crippen molar-refractivity contribution >= 4 is 59.9 Å². The topological polar surface area (TPSA) is 48.0 Å². The minimum atomic E-state index is -0.633. The summed E-state index contributed by atoms with van der Waals surface area (Å²) in [6.07, 6.45) is 0. The Morgan fingerprint density at radius 3 is 1.70 bits per heavy atom. The van der Waals surface area contributed by atoms with Crippen molar-refractivity contribution in [3.05, 3.63) is 163 Å². The van der Waals surface area contributed by atoms with Crippen LogP contribution in [0.2, 0.25) is 0 Å². The van der Waals surface area contributed by atoms with Crippen molar-refractivity contribution in [3.8, 4) is 39.9 Å². The second kappa shape index (κ2) is 10.3. The molecule has 4 aromatic heterocycles. The predicted octanol–water partition coefficient (Wildman–Crippen LogP) is 11.1. The summed E-state index contributed by atoms with van der Waals surface area (Å²) in [7, 11) is 0. The average molecular weight is 651 g/mol. The van der Waals surface area contributed by atoms with Crippen LogP contribution >= 0.6 is 0 Å². The van der Waals surface area contributed by atoms with E-state index in [1.54, 1.807) is 24.3 Å². The molecule has 0 bridgehead atoms. The molecule has 11 aromatic rings. The van der Waals surface area contributed by atoms with E-state index in [-0.39, 0.29) is 71.4 Å². The maximum Gasteiger partial charge on any atom is 0.166 e. The first-order valence-corrected chi connectivity index (χ1v) is 15.8. The van der Waals surface area contributed by atoms with Gasteiger partial charge in [0.25, 0.3) is 0 Å². The summed E-state index contributed by atoms with van der Waals surface area (Å²) in [5, 5.41) is -0.504. The fourth-order valence-electron chi connectivity index (χ4n) is 7.07. The quantitative estimate of drug-likeness (QED) is 0.190. The number of rotatable bonds is 4. The van der Waals surface area contributed by atoms with E-state index in [1.807, 2.05) is 60.7 Å². The van der Waals surface area contributed by atoms with E-state index in [0.717, 1.165) is 0 Å². The zero-order valence-corrected chi connectivity index (χ0v) is 25.8. The molecule has 0 aliphatic heterocycles. The van der Waals surface area contributed by atoms with Gasteiger partial charge in [0.1, 0.15) is 0 Å². The first-order valence-electron chi connectivity index (χ1n) is 22.3. The third-order valence-corrected chi connectivity index (χ3v) is 9.16. The van der Waals surface area contributed by atoms with Crippen molar-refractivity contribution in [2.75, 3.05) is 0 Å². The van der Waals surface area contributed by atoms with Gasteiger partial charge in [-0.2, -0.15) is 0 Å². The molecule has 0 N–H and O–H groups in total. The Labute approximate surface area is 305 Å². The van der Waals surface area contributed by atoms with Gasteiger partial charge in [-0.25, -0.2) is 15.0 Å². The van der Waals surface area contributed by atoms with Crippen molar-refractivity contribution in [2.45, 2.75) is 0 Å². The van der Waals surface area contributed by atoms with E-state index in [0.29, 0.717) is 28.3 Å². The molecule has 0 aliphatic carbocycles. The third kappa shape index (κ3) is 3.74. The van der Waals surface area contributed by atoms with E-state index in [4.69, 9.17) is 21.8 Å². The Hall–Kier alpha value is -6.85. The summed E-state index contributed by atoms with van der Waals surface area (Å²) in [5.74, 6) is 0.898. The number of benzene rings is 7. The standard InChI is InChI=1S/C45H27N5/c1-3-14-28(15-4-1)43-46-44(29-16-5-2-6-17-29)48-45(47-43)34-19-8-10-24-36(34)49-37-25-12-20-31-33-22-11-21-32-30-18-7-9-23-35(30)50(42(32)33)39-27-13-26-38(49)41(39)40(31)37/h1-27H/i7D,9D,11D,12D,13D,18D,20D,21D,22D,23D,25D,26D,27D. The van der Waals surface area contributed by atoms with Gasteiger partial charge in [-0.15, -0.1) is 0 Å². The summed E-state index contributed by atoms with van der Waals surface area (Å²) in [6.45, 7) is 0. The van der Waals surface area contributed by atoms with Crippen molar-refractivity contribution in [2.24, 2.45) is 0 Å². The lowest BCUT2D eigenvalue weighted by atomic mass is 10.0. The van der Waals surface area contributed by atoms with Crippen LogP contribution < -0.4 is 0 Å². The summed E-state index contributed by atoms with van der Waals surface area (Å²) >= 11 is 0. The molecule has 0 spiro atoms. The largest absolute Gasteiger partial charge is 0.308 e. The van der Waals surface area contributed by atoms with E-state index in [9.17, 15) is 11.0 Å². The van der Waals surface area contributed by atoms with Gasteiger partial charge in [-0.1, -0.05) is 127 Å². The van der Waals surface area contributed by atoms with Crippen LogP contribution in [0.4, 0.5) is 0 Å². The molecule has 11 rings (SSSR count). The Morgan fingerprint density at radius 2 is 0.940 bits per heavy atom. The molecule has 0 fully saturated rings. The minimum Gasteiger partial charge on any atom is -0.308 e.